The van der Waals surface area contributed by atoms with E-state index in [-0.39, 0.29) is 12.6 Å². The molecule has 0 saturated carbocycles. The van der Waals surface area contributed by atoms with Crippen molar-refractivity contribution in [1.82, 2.24) is 4.90 Å². The van der Waals surface area contributed by atoms with Crippen LogP contribution in [0, 0.1) is 11.3 Å². The zero-order chi connectivity index (χ0) is 10.1. The molecule has 0 amide bonds. The van der Waals surface area contributed by atoms with Crippen LogP contribution in [0.4, 0.5) is 0 Å². The van der Waals surface area contributed by atoms with E-state index in [1.165, 1.54) is 0 Å². The molecule has 0 saturated heterocycles. The highest BCUT2D eigenvalue weighted by Crippen LogP contribution is 2.01. The number of rotatable bonds is 7. The van der Waals surface area contributed by atoms with Gasteiger partial charge in [0, 0.05) is 20.2 Å². The lowest BCUT2D eigenvalue weighted by atomic mass is 10.2. The van der Waals surface area contributed by atoms with Gasteiger partial charge >= 0.3 is 0 Å². The molecule has 0 aromatic rings. The molecule has 0 spiro atoms. The molecule has 1 atom stereocenters. The van der Waals surface area contributed by atoms with Crippen LogP contribution >= 0.6 is 0 Å². The summed E-state index contributed by atoms with van der Waals surface area (Å²) in [4.78, 5) is 1.93. The number of nitriles is 1. The van der Waals surface area contributed by atoms with Crippen molar-refractivity contribution in [2.24, 2.45) is 0 Å². The van der Waals surface area contributed by atoms with Gasteiger partial charge < -0.3 is 9.84 Å². The van der Waals surface area contributed by atoms with Gasteiger partial charge in [-0.2, -0.15) is 5.26 Å². The van der Waals surface area contributed by atoms with Gasteiger partial charge in [0.2, 0.25) is 0 Å². The van der Waals surface area contributed by atoms with Crippen LogP contribution in [0.25, 0.3) is 0 Å². The Morgan fingerprint density at radius 3 is 2.62 bits per heavy atom. The molecule has 0 aliphatic rings. The van der Waals surface area contributed by atoms with Gasteiger partial charge in [-0.05, 0) is 6.42 Å². The van der Waals surface area contributed by atoms with Crippen molar-refractivity contribution >= 4 is 0 Å². The van der Waals surface area contributed by atoms with E-state index in [4.69, 9.17) is 15.1 Å². The van der Waals surface area contributed by atoms with Crippen LogP contribution in [0.2, 0.25) is 0 Å². The van der Waals surface area contributed by atoms with Crippen LogP contribution in [-0.4, -0.2) is 49.5 Å². The zero-order valence-corrected chi connectivity index (χ0v) is 8.36. The maximum Gasteiger partial charge on any atom is 0.0976 e. The lowest BCUT2D eigenvalue weighted by Gasteiger charge is -2.24. The van der Waals surface area contributed by atoms with E-state index in [9.17, 15) is 0 Å². The van der Waals surface area contributed by atoms with E-state index in [0.29, 0.717) is 19.7 Å². The van der Waals surface area contributed by atoms with Crippen LogP contribution in [0.15, 0.2) is 0 Å². The first kappa shape index (κ1) is 12.4. The predicted octanol–water partition coefficient (Wildman–Crippen LogP) is 0.229. The molecule has 4 heteroatoms. The minimum Gasteiger partial charge on any atom is -0.395 e. The highest BCUT2D eigenvalue weighted by Gasteiger charge is 2.14. The molecule has 1 N–H and O–H groups in total. The molecule has 0 aliphatic heterocycles. The smallest absolute Gasteiger partial charge is 0.0976 e. The lowest BCUT2D eigenvalue weighted by molar-refractivity contribution is 0.115. The highest BCUT2D eigenvalue weighted by atomic mass is 16.5. The molecule has 0 rings (SSSR count). The Bertz CT molecular complexity index is 156. The second-order valence-electron chi connectivity index (χ2n) is 2.81. The van der Waals surface area contributed by atoms with Gasteiger partial charge in [-0.3, -0.25) is 4.90 Å². The van der Waals surface area contributed by atoms with Crippen LogP contribution in [0.3, 0.4) is 0 Å². The number of hydrogen-bond donors (Lipinski definition) is 1. The third-order valence-corrected chi connectivity index (χ3v) is 1.95. The molecule has 0 bridgehead atoms. The SMILES string of the molecule is CCC(C#N)N(CCO)CCOC. The molecule has 1 unspecified atom stereocenters. The number of aliphatic hydroxyl groups excluding tert-OH is 1. The third-order valence-electron chi connectivity index (χ3n) is 1.95. The molecule has 0 aromatic heterocycles. The van der Waals surface area contributed by atoms with Crippen molar-refractivity contribution in [2.75, 3.05) is 33.4 Å². The first-order valence-electron chi connectivity index (χ1n) is 4.53. The Morgan fingerprint density at radius 2 is 2.23 bits per heavy atom. The van der Waals surface area contributed by atoms with Gasteiger partial charge in [0.05, 0.1) is 25.3 Å². The normalized spacial score (nSPS) is 12.8. The molecule has 0 fully saturated rings. The van der Waals surface area contributed by atoms with Gasteiger partial charge in [0.25, 0.3) is 0 Å². The zero-order valence-electron chi connectivity index (χ0n) is 8.36. The molecule has 76 valence electrons. The van der Waals surface area contributed by atoms with E-state index in [1.54, 1.807) is 7.11 Å². The van der Waals surface area contributed by atoms with Gasteiger partial charge in [0.1, 0.15) is 0 Å². The summed E-state index contributed by atoms with van der Waals surface area (Å²) in [6, 6.07) is 2.10. The van der Waals surface area contributed by atoms with Crippen molar-refractivity contribution in [3.05, 3.63) is 0 Å². The number of nitrogens with zero attached hydrogens (tertiary/aromatic N) is 2. The average molecular weight is 186 g/mol. The molecule has 4 nitrogen and oxygen atoms in total. The summed E-state index contributed by atoms with van der Waals surface area (Å²) in [5, 5.41) is 17.6. The lowest BCUT2D eigenvalue weighted by Crippen LogP contribution is -2.38. The van der Waals surface area contributed by atoms with Crippen molar-refractivity contribution < 1.29 is 9.84 Å². The Morgan fingerprint density at radius 1 is 1.54 bits per heavy atom. The minimum atomic E-state index is -0.109. The molecule has 0 aromatic carbocycles. The number of aliphatic hydroxyl groups is 1. The fraction of sp³-hybridized carbons (Fsp3) is 0.889. The van der Waals surface area contributed by atoms with E-state index in [1.807, 2.05) is 11.8 Å². The van der Waals surface area contributed by atoms with Gasteiger partial charge in [0.15, 0.2) is 0 Å². The van der Waals surface area contributed by atoms with E-state index < -0.39 is 0 Å². The Balaban J connectivity index is 3.97. The maximum absolute atomic E-state index is 8.81. The van der Waals surface area contributed by atoms with Gasteiger partial charge in [-0.1, -0.05) is 6.92 Å². The third kappa shape index (κ3) is 4.83. The molecule has 0 radical (unpaired) electrons. The standard InChI is InChI=1S/C9H18N2O2/c1-3-9(8-10)11(4-6-12)5-7-13-2/h9,12H,3-7H2,1-2H3. The fourth-order valence-corrected chi connectivity index (χ4v) is 1.19. The van der Waals surface area contributed by atoms with Crippen molar-refractivity contribution in [2.45, 2.75) is 19.4 Å². The second-order valence-corrected chi connectivity index (χ2v) is 2.81. The predicted molar refractivity (Wildman–Crippen MR) is 50.2 cm³/mol. The number of methoxy groups -OCH3 is 1. The first-order valence-corrected chi connectivity index (χ1v) is 4.53. The van der Waals surface area contributed by atoms with E-state index >= 15 is 0 Å². The molecular weight excluding hydrogens is 168 g/mol. The van der Waals surface area contributed by atoms with Crippen LogP contribution in [0.1, 0.15) is 13.3 Å². The van der Waals surface area contributed by atoms with E-state index in [2.05, 4.69) is 6.07 Å². The summed E-state index contributed by atoms with van der Waals surface area (Å²) in [5.41, 5.74) is 0. The summed E-state index contributed by atoms with van der Waals surface area (Å²) in [7, 11) is 1.63. The van der Waals surface area contributed by atoms with Crippen molar-refractivity contribution in [3.63, 3.8) is 0 Å². The van der Waals surface area contributed by atoms with Gasteiger partial charge in [-0.25, -0.2) is 0 Å². The highest BCUT2D eigenvalue weighted by molar-refractivity contribution is 4.90. The largest absolute Gasteiger partial charge is 0.395 e. The van der Waals surface area contributed by atoms with Crippen LogP contribution in [-0.2, 0) is 4.74 Å². The molecule has 0 aliphatic carbocycles. The maximum atomic E-state index is 8.81. The Labute approximate surface area is 79.7 Å². The minimum absolute atomic E-state index is 0.0852. The van der Waals surface area contributed by atoms with Crippen LogP contribution < -0.4 is 0 Å². The van der Waals surface area contributed by atoms with Crippen LogP contribution in [0.5, 0.6) is 0 Å². The summed E-state index contributed by atoms with van der Waals surface area (Å²) < 4.78 is 4.93. The molecule has 0 heterocycles. The Kier molecular flexibility index (Phi) is 7.60. The van der Waals surface area contributed by atoms with Crippen molar-refractivity contribution in [3.8, 4) is 6.07 Å². The topological polar surface area (TPSA) is 56.5 Å². The second kappa shape index (κ2) is 7.99. The average Bonchev–Trinajstić information content (AvgIpc) is 2.16. The molecular formula is C9H18N2O2. The number of hydrogen-bond acceptors (Lipinski definition) is 4. The van der Waals surface area contributed by atoms with Crippen molar-refractivity contribution in [1.29, 1.82) is 5.26 Å². The first-order chi connectivity index (χ1) is 6.29. The summed E-state index contributed by atoms with van der Waals surface area (Å²) in [6.07, 6.45) is 0.778. The number of ether oxygens (including phenoxy) is 1. The summed E-state index contributed by atoms with van der Waals surface area (Å²) >= 11 is 0. The Hall–Kier alpha value is -0.630. The fourth-order valence-electron chi connectivity index (χ4n) is 1.19. The van der Waals surface area contributed by atoms with Gasteiger partial charge in [-0.15, -0.1) is 0 Å². The quantitative estimate of drug-likeness (QED) is 0.618. The summed E-state index contributed by atoms with van der Waals surface area (Å²) in [6.45, 7) is 3.88. The van der Waals surface area contributed by atoms with E-state index in [0.717, 1.165) is 6.42 Å². The molecule has 13 heavy (non-hydrogen) atoms. The summed E-state index contributed by atoms with van der Waals surface area (Å²) in [5.74, 6) is 0. The monoisotopic (exact) mass is 186 g/mol.